The summed E-state index contributed by atoms with van der Waals surface area (Å²) >= 11 is 0. The van der Waals surface area contributed by atoms with E-state index in [1.165, 1.54) is 32.4 Å². The highest BCUT2D eigenvalue weighted by molar-refractivity contribution is 5.96. The molecule has 1 rings (SSSR count). The van der Waals surface area contributed by atoms with Crippen LogP contribution in [0, 0.1) is 5.92 Å². The summed E-state index contributed by atoms with van der Waals surface area (Å²) in [5, 5.41) is 14.4. The Bertz CT molecular complexity index is 1240. The zero-order chi connectivity index (χ0) is 38.3. The molecule has 0 fully saturated rings. The van der Waals surface area contributed by atoms with Crippen LogP contribution in [-0.2, 0) is 39.9 Å². The van der Waals surface area contributed by atoms with Gasteiger partial charge in [0.05, 0.1) is 26.1 Å². The highest BCUT2D eigenvalue weighted by Crippen LogP contribution is 2.29. The van der Waals surface area contributed by atoms with Gasteiger partial charge in [-0.15, -0.1) is 0 Å². The van der Waals surface area contributed by atoms with Gasteiger partial charge < -0.3 is 30.4 Å². The Hall–Kier alpha value is -3.73. The number of allylic oxidation sites excluding steroid dienone is 1. The molecule has 4 N–H and O–H groups in total. The number of Topliss-reactive ketones (excluding diaryl/α,β-unsaturated/α-hetero) is 1. The highest BCUT2D eigenvalue weighted by Gasteiger charge is 2.50. The van der Waals surface area contributed by atoms with Crippen LogP contribution in [0.2, 0.25) is 0 Å². The van der Waals surface area contributed by atoms with Crippen molar-refractivity contribution in [1.29, 1.82) is 0 Å². The van der Waals surface area contributed by atoms with Crippen LogP contribution in [-0.4, -0.2) is 65.6 Å². The van der Waals surface area contributed by atoms with Crippen LogP contribution in [0.5, 0.6) is 5.75 Å². The molecule has 0 heterocycles. The predicted molar refractivity (Wildman–Crippen MR) is 198 cm³/mol. The van der Waals surface area contributed by atoms with E-state index >= 15 is 0 Å². The summed E-state index contributed by atoms with van der Waals surface area (Å²) in [5.41, 5.74) is 2.45. The van der Waals surface area contributed by atoms with E-state index in [-0.39, 0.29) is 6.42 Å². The molecule has 0 aliphatic carbocycles. The molecule has 11 nitrogen and oxygen atoms in total. The van der Waals surface area contributed by atoms with E-state index in [1.807, 2.05) is 0 Å². The summed E-state index contributed by atoms with van der Waals surface area (Å²) in [4.78, 5) is 64.5. The Balaban J connectivity index is 3.08. The van der Waals surface area contributed by atoms with Gasteiger partial charge in [0.25, 0.3) is 0 Å². The largest absolute Gasteiger partial charge is 0.494 e. The average Bonchev–Trinajstić information content (AvgIpc) is 3.06. The van der Waals surface area contributed by atoms with Gasteiger partial charge in [-0.1, -0.05) is 83.1 Å². The van der Waals surface area contributed by atoms with Crippen molar-refractivity contribution in [2.24, 2.45) is 11.7 Å². The second-order valence-electron chi connectivity index (χ2n) is 14.3. The minimum absolute atomic E-state index is 0.0478. The number of nitrogens with one attached hydrogen (secondary N) is 1. The molecular formula is C40H64N2O9. The Kier molecular flexibility index (Phi) is 21.7. The lowest BCUT2D eigenvalue weighted by Crippen LogP contribution is -2.57. The summed E-state index contributed by atoms with van der Waals surface area (Å²) in [5.74, 6) is -4.49. The second-order valence-corrected chi connectivity index (χ2v) is 14.3. The number of ketones is 1. The number of hydrogen-bond donors (Lipinski definition) is 3. The van der Waals surface area contributed by atoms with Crippen molar-refractivity contribution in [1.82, 2.24) is 5.32 Å². The zero-order valence-corrected chi connectivity index (χ0v) is 31.9. The molecule has 2 unspecified atom stereocenters. The topological polar surface area (TPSA) is 171 Å². The molecule has 0 bridgehead atoms. The van der Waals surface area contributed by atoms with Crippen molar-refractivity contribution in [3.8, 4) is 5.75 Å². The van der Waals surface area contributed by atoms with Crippen molar-refractivity contribution in [2.75, 3.05) is 13.7 Å². The van der Waals surface area contributed by atoms with Crippen molar-refractivity contribution in [2.45, 2.75) is 155 Å². The van der Waals surface area contributed by atoms with Crippen LogP contribution in [0.25, 0.3) is 0 Å². The molecule has 11 heteroatoms. The van der Waals surface area contributed by atoms with Crippen LogP contribution in [0.1, 0.15) is 136 Å². The predicted octanol–water partition coefficient (Wildman–Crippen LogP) is 6.46. The summed E-state index contributed by atoms with van der Waals surface area (Å²) in [6.45, 7) is 9.60. The molecule has 2 amide bonds. The number of aliphatic hydroxyl groups is 1. The number of primary amides is 1. The Labute approximate surface area is 305 Å². The van der Waals surface area contributed by atoms with Crippen LogP contribution >= 0.6 is 0 Å². The lowest BCUT2D eigenvalue weighted by molar-refractivity contribution is -0.185. The van der Waals surface area contributed by atoms with Gasteiger partial charge in [-0.3, -0.25) is 14.4 Å². The van der Waals surface area contributed by atoms with Gasteiger partial charge in [-0.05, 0) is 70.6 Å². The number of benzene rings is 1. The zero-order valence-electron chi connectivity index (χ0n) is 31.9. The monoisotopic (exact) mass is 716 g/mol. The summed E-state index contributed by atoms with van der Waals surface area (Å²) in [6, 6.07) is 5.91. The molecule has 0 spiro atoms. The molecule has 0 aromatic heterocycles. The van der Waals surface area contributed by atoms with E-state index < -0.39 is 53.3 Å². The summed E-state index contributed by atoms with van der Waals surface area (Å²) in [7, 11) is 1.19. The Morgan fingerprint density at radius 3 is 2.00 bits per heavy atom. The van der Waals surface area contributed by atoms with E-state index in [2.05, 4.69) is 19.2 Å². The molecule has 0 saturated heterocycles. The van der Waals surface area contributed by atoms with E-state index in [0.29, 0.717) is 43.0 Å². The number of rotatable bonds is 27. The fourth-order valence-corrected chi connectivity index (χ4v) is 5.51. The first-order valence-electron chi connectivity index (χ1n) is 18.7. The van der Waals surface area contributed by atoms with Crippen molar-refractivity contribution in [3.05, 3.63) is 42.0 Å². The standard InChI is InChI=1S/C40H64N2O9/c1-7-9-11-14-17-20-31(43)21-18-15-12-13-16-19-22-33(40(48,29-35(41)44)38(47)51-39(3,4)5)36(45)42-34(37(46)49-6)28-30-23-25-32(26-24-30)50-27-10-8-2/h19,22-26,33-34,48H,7-18,20-21,27-29H2,1-6H3,(H2,41,44)(H,42,45)/t33?,34-,40?/m0/s1. The third kappa shape index (κ3) is 18.9. The SMILES string of the molecule is CCCCCCCC(=O)CCCCCCC=CC(C(=O)N[C@@H](Cc1ccc(OCCCC)cc1)C(=O)OC)C(O)(CC(N)=O)C(=O)OC(C)(C)C. The smallest absolute Gasteiger partial charge is 0.340 e. The number of unbranched alkanes of at least 4 members (excludes halogenated alkanes) is 9. The lowest BCUT2D eigenvalue weighted by atomic mass is 9.82. The first kappa shape index (κ1) is 45.3. The number of esters is 2. The molecule has 1 aromatic rings. The van der Waals surface area contributed by atoms with Gasteiger partial charge >= 0.3 is 11.9 Å². The molecule has 288 valence electrons. The second kappa shape index (κ2) is 24.5. The maximum absolute atomic E-state index is 13.9. The third-order valence-electron chi connectivity index (χ3n) is 8.39. The molecule has 0 saturated carbocycles. The Morgan fingerprint density at radius 1 is 0.863 bits per heavy atom. The van der Waals surface area contributed by atoms with E-state index in [9.17, 15) is 29.1 Å². The maximum Gasteiger partial charge on any atom is 0.340 e. The quantitative estimate of drug-likeness (QED) is 0.0525. The first-order chi connectivity index (χ1) is 24.2. The van der Waals surface area contributed by atoms with Crippen LogP contribution in [0.4, 0.5) is 0 Å². The number of methoxy groups -OCH3 is 1. The van der Waals surface area contributed by atoms with Crippen LogP contribution < -0.4 is 15.8 Å². The van der Waals surface area contributed by atoms with Crippen LogP contribution in [0.15, 0.2) is 36.4 Å². The number of carbonyl (C=O) groups is 5. The van der Waals surface area contributed by atoms with E-state index in [0.717, 1.165) is 51.4 Å². The summed E-state index contributed by atoms with van der Waals surface area (Å²) in [6.07, 6.45) is 14.7. The normalized spacial score (nSPS) is 13.9. The van der Waals surface area contributed by atoms with Crippen molar-refractivity contribution in [3.63, 3.8) is 0 Å². The van der Waals surface area contributed by atoms with Crippen molar-refractivity contribution < 1.29 is 43.3 Å². The van der Waals surface area contributed by atoms with Gasteiger partial charge in [0, 0.05) is 19.3 Å². The number of hydrogen-bond acceptors (Lipinski definition) is 9. The fourth-order valence-electron chi connectivity index (χ4n) is 5.51. The maximum atomic E-state index is 13.9. The molecule has 51 heavy (non-hydrogen) atoms. The molecule has 1 aromatic carbocycles. The molecular weight excluding hydrogens is 652 g/mol. The van der Waals surface area contributed by atoms with Gasteiger partial charge in [-0.25, -0.2) is 9.59 Å². The van der Waals surface area contributed by atoms with Gasteiger partial charge in [-0.2, -0.15) is 0 Å². The summed E-state index contributed by atoms with van der Waals surface area (Å²) < 4.78 is 16.1. The average molecular weight is 717 g/mol. The Morgan fingerprint density at radius 2 is 1.45 bits per heavy atom. The minimum Gasteiger partial charge on any atom is -0.494 e. The van der Waals surface area contributed by atoms with Gasteiger partial charge in [0.15, 0.2) is 5.60 Å². The van der Waals surface area contributed by atoms with E-state index in [4.69, 9.17) is 19.9 Å². The number of amides is 2. The van der Waals surface area contributed by atoms with Gasteiger partial charge in [0.2, 0.25) is 11.8 Å². The molecule has 0 aliphatic heterocycles. The minimum atomic E-state index is -2.66. The van der Waals surface area contributed by atoms with Crippen LogP contribution in [0.3, 0.4) is 0 Å². The van der Waals surface area contributed by atoms with E-state index in [1.54, 1.807) is 51.1 Å². The van der Waals surface area contributed by atoms with Crippen molar-refractivity contribution >= 4 is 29.5 Å². The number of carbonyl (C=O) groups excluding carboxylic acids is 5. The molecule has 3 atom stereocenters. The number of nitrogens with two attached hydrogens (primary N) is 1. The third-order valence-corrected chi connectivity index (χ3v) is 8.39. The van der Waals surface area contributed by atoms with Gasteiger partial charge in [0.1, 0.15) is 23.2 Å². The fraction of sp³-hybridized carbons (Fsp3) is 0.675. The first-order valence-corrected chi connectivity index (χ1v) is 18.7. The highest BCUT2D eigenvalue weighted by atomic mass is 16.6. The number of ether oxygens (including phenoxy) is 3. The molecule has 0 radical (unpaired) electrons. The lowest BCUT2D eigenvalue weighted by Gasteiger charge is -2.34. The molecule has 0 aliphatic rings.